The summed E-state index contributed by atoms with van der Waals surface area (Å²) in [6.45, 7) is 3.09. The second kappa shape index (κ2) is 4.76. The molecule has 1 aliphatic rings. The highest BCUT2D eigenvalue weighted by Gasteiger charge is 2.57. The molecule has 1 saturated heterocycles. The molecule has 0 radical (unpaired) electrons. The molecular formula is C12H16F3N3O2. The molecule has 1 aromatic heterocycles. The lowest BCUT2D eigenvalue weighted by atomic mass is 10.0. The Hall–Kier alpha value is -1.57. The molecular weight excluding hydrogens is 275 g/mol. The third-order valence-corrected chi connectivity index (χ3v) is 3.48. The van der Waals surface area contributed by atoms with E-state index in [-0.39, 0.29) is 12.2 Å². The number of β-amino-alcohol motifs (C(OH)–C–C–N with tert-alkyl or cyclic N) is 1. The largest absolute Gasteiger partial charge is 0.419 e. The van der Waals surface area contributed by atoms with Crippen molar-refractivity contribution in [3.8, 4) is 0 Å². The summed E-state index contributed by atoms with van der Waals surface area (Å²) in [5, 5.41) is 13.7. The van der Waals surface area contributed by atoms with Gasteiger partial charge >= 0.3 is 6.18 Å². The van der Waals surface area contributed by atoms with Gasteiger partial charge in [-0.25, -0.2) is 0 Å². The fraction of sp³-hybridized carbons (Fsp3) is 0.667. The predicted molar refractivity (Wildman–Crippen MR) is 64.2 cm³/mol. The third-order valence-electron chi connectivity index (χ3n) is 3.48. The number of alkyl halides is 3. The molecule has 8 heteroatoms. The number of hydrogen-bond acceptors (Lipinski definition) is 3. The van der Waals surface area contributed by atoms with Crippen LogP contribution in [0.4, 0.5) is 13.2 Å². The van der Waals surface area contributed by atoms with Gasteiger partial charge in [-0.2, -0.15) is 18.3 Å². The second-order valence-corrected chi connectivity index (χ2v) is 4.99. The molecule has 1 fully saturated rings. The van der Waals surface area contributed by atoms with Gasteiger partial charge in [-0.1, -0.05) is 0 Å². The second-order valence-electron chi connectivity index (χ2n) is 4.99. The minimum absolute atomic E-state index is 0.122. The molecule has 0 saturated carbocycles. The monoisotopic (exact) mass is 291 g/mol. The molecule has 0 spiro atoms. The lowest BCUT2D eigenvalue weighted by Crippen LogP contribution is -2.48. The SMILES string of the molecule is CCn1nc(C)cc1C(=O)N1CC[C@@](O)(C(F)(F)F)C1. The first-order chi connectivity index (χ1) is 9.18. The molecule has 0 unspecified atom stereocenters. The number of amides is 1. The van der Waals surface area contributed by atoms with Gasteiger partial charge in [-0.15, -0.1) is 0 Å². The molecule has 2 rings (SSSR count). The van der Waals surface area contributed by atoms with Crippen LogP contribution in [-0.4, -0.2) is 50.6 Å². The van der Waals surface area contributed by atoms with Crippen molar-refractivity contribution in [2.45, 2.75) is 38.6 Å². The van der Waals surface area contributed by atoms with Crippen LogP contribution in [0.5, 0.6) is 0 Å². The predicted octanol–water partition coefficient (Wildman–Crippen LogP) is 1.35. The molecule has 2 heterocycles. The molecule has 1 N–H and O–H groups in total. The highest BCUT2D eigenvalue weighted by Crippen LogP contribution is 2.37. The van der Waals surface area contributed by atoms with E-state index in [1.54, 1.807) is 13.8 Å². The van der Waals surface area contributed by atoms with E-state index in [0.29, 0.717) is 12.2 Å². The van der Waals surface area contributed by atoms with Crippen LogP contribution in [-0.2, 0) is 6.54 Å². The Morgan fingerprint density at radius 3 is 2.70 bits per heavy atom. The van der Waals surface area contributed by atoms with Crippen molar-refractivity contribution in [3.05, 3.63) is 17.5 Å². The summed E-state index contributed by atoms with van der Waals surface area (Å²) in [6.07, 6.45) is -5.23. The topological polar surface area (TPSA) is 58.4 Å². The Labute approximate surface area is 114 Å². The number of carbonyl (C=O) groups is 1. The average molecular weight is 291 g/mol. The van der Waals surface area contributed by atoms with Crippen molar-refractivity contribution >= 4 is 5.91 Å². The number of aromatic nitrogens is 2. The van der Waals surface area contributed by atoms with Crippen molar-refractivity contribution in [3.63, 3.8) is 0 Å². The van der Waals surface area contributed by atoms with E-state index < -0.39 is 30.7 Å². The fourth-order valence-corrected chi connectivity index (χ4v) is 2.32. The van der Waals surface area contributed by atoms with Crippen LogP contribution < -0.4 is 0 Å². The first-order valence-corrected chi connectivity index (χ1v) is 6.31. The zero-order valence-electron chi connectivity index (χ0n) is 11.2. The van der Waals surface area contributed by atoms with Gasteiger partial charge in [0.05, 0.1) is 12.2 Å². The van der Waals surface area contributed by atoms with Crippen LogP contribution >= 0.6 is 0 Å². The molecule has 20 heavy (non-hydrogen) atoms. The van der Waals surface area contributed by atoms with E-state index in [1.165, 1.54) is 10.7 Å². The van der Waals surface area contributed by atoms with E-state index in [2.05, 4.69) is 5.10 Å². The van der Waals surface area contributed by atoms with Gasteiger partial charge in [0, 0.05) is 19.5 Å². The van der Waals surface area contributed by atoms with E-state index in [0.717, 1.165) is 4.90 Å². The van der Waals surface area contributed by atoms with Crippen LogP contribution in [0.1, 0.15) is 29.5 Å². The summed E-state index contributed by atoms with van der Waals surface area (Å²) in [5.74, 6) is -0.535. The zero-order chi connectivity index (χ0) is 15.1. The maximum absolute atomic E-state index is 12.7. The number of nitrogens with zero attached hydrogens (tertiary/aromatic N) is 3. The van der Waals surface area contributed by atoms with Crippen molar-refractivity contribution in [1.82, 2.24) is 14.7 Å². The van der Waals surface area contributed by atoms with E-state index in [9.17, 15) is 23.1 Å². The van der Waals surface area contributed by atoms with Gasteiger partial charge in [0.1, 0.15) is 5.69 Å². The smallest absolute Gasteiger partial charge is 0.379 e. The Kier molecular flexibility index (Phi) is 3.53. The van der Waals surface area contributed by atoms with Gasteiger partial charge in [-0.05, 0) is 19.9 Å². The number of carbonyl (C=O) groups excluding carboxylic acids is 1. The first-order valence-electron chi connectivity index (χ1n) is 6.31. The van der Waals surface area contributed by atoms with Gasteiger partial charge in [-0.3, -0.25) is 9.48 Å². The van der Waals surface area contributed by atoms with E-state index in [1.807, 2.05) is 0 Å². The van der Waals surface area contributed by atoms with E-state index >= 15 is 0 Å². The van der Waals surface area contributed by atoms with Crippen LogP contribution in [0.2, 0.25) is 0 Å². The standard InChI is InChI=1S/C12H16F3N3O2/c1-3-18-9(6-8(2)16-18)10(19)17-5-4-11(20,7-17)12(13,14)15/h6,20H,3-5,7H2,1-2H3/t11-/m0/s1. The molecule has 1 amide bonds. The summed E-state index contributed by atoms with van der Waals surface area (Å²) in [5.41, 5.74) is -1.94. The lowest BCUT2D eigenvalue weighted by molar-refractivity contribution is -0.253. The van der Waals surface area contributed by atoms with Crippen LogP contribution in [0.25, 0.3) is 0 Å². The number of likely N-dealkylation sites (tertiary alicyclic amines) is 1. The number of hydrogen-bond donors (Lipinski definition) is 1. The number of aliphatic hydroxyl groups is 1. The minimum Gasteiger partial charge on any atom is -0.379 e. The minimum atomic E-state index is -4.73. The molecule has 1 atom stereocenters. The Bertz CT molecular complexity index is 527. The van der Waals surface area contributed by atoms with Crippen molar-refractivity contribution in [1.29, 1.82) is 0 Å². The average Bonchev–Trinajstić information content (AvgIpc) is 2.92. The maximum atomic E-state index is 12.7. The highest BCUT2D eigenvalue weighted by atomic mass is 19.4. The summed E-state index contributed by atoms with van der Waals surface area (Å²) in [6, 6.07) is 1.54. The normalized spacial score (nSPS) is 23.4. The Balaban J connectivity index is 2.20. The summed E-state index contributed by atoms with van der Waals surface area (Å²) in [7, 11) is 0. The number of aryl methyl sites for hydroxylation is 2. The first kappa shape index (κ1) is 14.8. The summed E-state index contributed by atoms with van der Waals surface area (Å²) >= 11 is 0. The summed E-state index contributed by atoms with van der Waals surface area (Å²) < 4.78 is 39.6. The lowest BCUT2D eigenvalue weighted by Gasteiger charge is -2.25. The van der Waals surface area contributed by atoms with Crippen molar-refractivity contribution < 1.29 is 23.1 Å². The van der Waals surface area contributed by atoms with Crippen LogP contribution in [0.3, 0.4) is 0 Å². The van der Waals surface area contributed by atoms with Gasteiger partial charge in [0.2, 0.25) is 0 Å². The van der Waals surface area contributed by atoms with Crippen molar-refractivity contribution in [2.24, 2.45) is 0 Å². The van der Waals surface area contributed by atoms with Crippen molar-refractivity contribution in [2.75, 3.05) is 13.1 Å². The highest BCUT2D eigenvalue weighted by molar-refractivity contribution is 5.93. The molecule has 5 nitrogen and oxygen atoms in total. The van der Waals surface area contributed by atoms with Gasteiger partial charge in [0.25, 0.3) is 5.91 Å². The molecule has 0 aliphatic carbocycles. The molecule has 112 valence electrons. The van der Waals surface area contributed by atoms with Crippen LogP contribution in [0.15, 0.2) is 6.07 Å². The Morgan fingerprint density at radius 1 is 1.55 bits per heavy atom. The van der Waals surface area contributed by atoms with E-state index in [4.69, 9.17) is 0 Å². The molecule has 0 aromatic carbocycles. The number of halogens is 3. The quantitative estimate of drug-likeness (QED) is 0.895. The summed E-state index contributed by atoms with van der Waals surface area (Å²) in [4.78, 5) is 13.3. The Morgan fingerprint density at radius 2 is 2.20 bits per heavy atom. The molecule has 1 aromatic rings. The van der Waals surface area contributed by atoms with Gasteiger partial charge < -0.3 is 10.0 Å². The molecule has 0 bridgehead atoms. The third kappa shape index (κ3) is 2.39. The fourth-order valence-electron chi connectivity index (χ4n) is 2.32. The number of rotatable bonds is 2. The maximum Gasteiger partial charge on any atom is 0.419 e. The van der Waals surface area contributed by atoms with Crippen LogP contribution in [0, 0.1) is 6.92 Å². The van der Waals surface area contributed by atoms with Gasteiger partial charge in [0.15, 0.2) is 5.60 Å². The molecule has 1 aliphatic heterocycles. The zero-order valence-corrected chi connectivity index (χ0v) is 11.2.